The third kappa shape index (κ3) is 4.16. The molecule has 0 radical (unpaired) electrons. The number of pyridine rings is 1. The van der Waals surface area contributed by atoms with Gasteiger partial charge in [0.2, 0.25) is 0 Å². The van der Waals surface area contributed by atoms with E-state index < -0.39 is 48.8 Å². The number of amides is 2. The van der Waals surface area contributed by atoms with Crippen LogP contribution in [0.4, 0.5) is 26.7 Å². The van der Waals surface area contributed by atoms with E-state index in [1.807, 2.05) is 18.2 Å². The van der Waals surface area contributed by atoms with Gasteiger partial charge in [-0.3, -0.25) is 19.4 Å². The van der Waals surface area contributed by atoms with Crippen molar-refractivity contribution in [2.24, 2.45) is 0 Å². The molecule has 0 saturated carbocycles. The molecule has 2 N–H and O–H groups in total. The Morgan fingerprint density at radius 1 is 1.00 bits per heavy atom. The van der Waals surface area contributed by atoms with E-state index in [1.165, 1.54) is 17.0 Å². The van der Waals surface area contributed by atoms with Crippen LogP contribution in [0, 0.1) is 5.82 Å². The molecule has 41 heavy (non-hydrogen) atoms. The quantitative estimate of drug-likeness (QED) is 0.301. The van der Waals surface area contributed by atoms with Crippen LogP contribution in [0.25, 0.3) is 39.1 Å². The molecule has 212 valence electrons. The van der Waals surface area contributed by atoms with Crippen LogP contribution in [0.5, 0.6) is 0 Å². The van der Waals surface area contributed by atoms with Crippen molar-refractivity contribution in [1.29, 1.82) is 0 Å². The summed E-state index contributed by atoms with van der Waals surface area (Å²) < 4.78 is 74.6. The van der Waals surface area contributed by atoms with Crippen molar-refractivity contribution in [2.75, 3.05) is 19.6 Å². The zero-order chi connectivity index (χ0) is 28.7. The van der Waals surface area contributed by atoms with E-state index in [9.17, 15) is 27.2 Å². The fraction of sp³-hybridized carbons (Fsp3) is 0.296. The minimum absolute atomic E-state index is 0.00436. The number of H-pyrrole nitrogens is 2. The highest BCUT2D eigenvalue weighted by atomic mass is 19.3. The Bertz CT molecular complexity index is 1890. The fourth-order valence-corrected chi connectivity index (χ4v) is 6.03. The number of carbonyl (C=O) groups excluding carboxylic acids is 1. The van der Waals surface area contributed by atoms with Gasteiger partial charge in [0.1, 0.15) is 11.5 Å². The first-order valence-electron chi connectivity index (χ1n) is 12.8. The van der Waals surface area contributed by atoms with Gasteiger partial charge in [0.15, 0.2) is 0 Å². The maximum absolute atomic E-state index is 15.0. The number of nitrogens with zero attached hydrogens (tertiary/aromatic N) is 5. The monoisotopic (exact) mass is 571 g/mol. The second kappa shape index (κ2) is 8.69. The molecule has 0 bridgehead atoms. The second-order valence-electron chi connectivity index (χ2n) is 10.5. The van der Waals surface area contributed by atoms with Crippen LogP contribution in [0.2, 0.25) is 0 Å². The Morgan fingerprint density at radius 3 is 2.56 bits per heavy atom. The molecule has 0 aliphatic carbocycles. The van der Waals surface area contributed by atoms with Crippen molar-refractivity contribution in [3.05, 3.63) is 70.7 Å². The zero-order valence-electron chi connectivity index (χ0n) is 21.3. The summed E-state index contributed by atoms with van der Waals surface area (Å²) in [5, 5.41) is 5.92. The molecule has 7 rings (SSSR count). The lowest BCUT2D eigenvalue weighted by Crippen LogP contribution is -2.57. The first kappa shape index (κ1) is 25.4. The molecule has 5 aromatic rings. The molecule has 6 heterocycles. The molecule has 0 spiro atoms. The fourth-order valence-electron chi connectivity index (χ4n) is 6.03. The number of nitrogens with one attached hydrogen (secondary N) is 2. The third-order valence-corrected chi connectivity index (χ3v) is 7.61. The summed E-state index contributed by atoms with van der Waals surface area (Å²) in [7, 11) is 0. The van der Waals surface area contributed by atoms with Gasteiger partial charge in [0.05, 0.1) is 48.2 Å². The second-order valence-corrected chi connectivity index (χ2v) is 10.5. The van der Waals surface area contributed by atoms with E-state index in [0.29, 0.717) is 44.0 Å². The number of alkyl halides is 4. The smallest absolute Gasteiger partial charge is 0.320 e. The Labute approximate surface area is 227 Å². The van der Waals surface area contributed by atoms with Crippen molar-refractivity contribution >= 4 is 22.6 Å². The summed E-state index contributed by atoms with van der Waals surface area (Å²) >= 11 is 0. The van der Waals surface area contributed by atoms with Crippen LogP contribution < -0.4 is 5.56 Å². The Hall–Kier alpha value is -4.62. The zero-order valence-corrected chi connectivity index (χ0v) is 21.3. The molecule has 14 heteroatoms. The lowest BCUT2D eigenvalue weighted by atomic mass is 10.0. The highest BCUT2D eigenvalue weighted by molar-refractivity contribution is 6.00. The van der Waals surface area contributed by atoms with Crippen molar-refractivity contribution < 1.29 is 26.7 Å². The van der Waals surface area contributed by atoms with Crippen LogP contribution in [-0.2, 0) is 13.1 Å². The van der Waals surface area contributed by atoms with Gasteiger partial charge < -0.3 is 14.4 Å². The summed E-state index contributed by atoms with van der Waals surface area (Å²) in [4.78, 5) is 32.3. The molecule has 2 aliphatic heterocycles. The number of likely N-dealkylation sites (tertiary alicyclic amines) is 1. The van der Waals surface area contributed by atoms with E-state index in [4.69, 9.17) is 0 Å². The number of rotatable bonds is 2. The van der Waals surface area contributed by atoms with Crippen LogP contribution in [0.15, 0.2) is 53.7 Å². The van der Waals surface area contributed by atoms with E-state index >= 15 is 4.39 Å². The van der Waals surface area contributed by atoms with Crippen molar-refractivity contribution in [3.63, 3.8) is 0 Å². The summed E-state index contributed by atoms with van der Waals surface area (Å²) in [6.07, 6.45) is 3.48. The van der Waals surface area contributed by atoms with Crippen LogP contribution in [0.3, 0.4) is 0 Å². The van der Waals surface area contributed by atoms with Crippen LogP contribution in [-0.4, -0.2) is 71.5 Å². The number of piperidine rings is 1. The first-order chi connectivity index (χ1) is 19.5. The number of fused-ring (bicyclic) bond motifs is 1. The van der Waals surface area contributed by atoms with Gasteiger partial charge in [0, 0.05) is 43.0 Å². The van der Waals surface area contributed by atoms with Gasteiger partial charge in [-0.15, -0.1) is 0 Å². The highest BCUT2D eigenvalue weighted by Gasteiger charge is 2.52. The molecule has 1 aromatic carbocycles. The van der Waals surface area contributed by atoms with Gasteiger partial charge in [0.25, 0.3) is 17.4 Å². The largest absolute Gasteiger partial charge is 0.345 e. The normalized spacial score (nSPS) is 18.3. The van der Waals surface area contributed by atoms with Crippen molar-refractivity contribution in [3.8, 4) is 22.5 Å². The van der Waals surface area contributed by atoms with Crippen molar-refractivity contribution in [1.82, 2.24) is 33.9 Å². The number of benzene rings is 1. The molecular weight excluding hydrogens is 549 g/mol. The molecule has 4 aromatic heterocycles. The van der Waals surface area contributed by atoms with E-state index in [1.54, 1.807) is 27.6 Å². The Morgan fingerprint density at radius 2 is 1.78 bits per heavy atom. The number of carbonyl (C=O) groups is 1. The first-order valence-corrected chi connectivity index (χ1v) is 12.8. The molecule has 1 fully saturated rings. The summed E-state index contributed by atoms with van der Waals surface area (Å²) in [6, 6.07) is 7.01. The molecule has 1 saturated heterocycles. The maximum Gasteiger partial charge on any atom is 0.320 e. The minimum Gasteiger partial charge on any atom is -0.345 e. The Balaban J connectivity index is 1.30. The van der Waals surface area contributed by atoms with Gasteiger partial charge in [-0.25, -0.2) is 31.7 Å². The maximum atomic E-state index is 15.0. The minimum atomic E-state index is -3.72. The number of halogens is 5. The molecule has 9 nitrogen and oxygen atoms in total. The third-order valence-electron chi connectivity index (χ3n) is 7.61. The lowest BCUT2D eigenvalue weighted by molar-refractivity contribution is -0.162. The summed E-state index contributed by atoms with van der Waals surface area (Å²) in [5.74, 6) is -8.09. The Kier molecular flexibility index (Phi) is 5.37. The predicted octanol–water partition coefficient (Wildman–Crippen LogP) is 4.69. The van der Waals surface area contributed by atoms with Crippen molar-refractivity contribution in [2.45, 2.75) is 31.4 Å². The highest BCUT2D eigenvalue weighted by Crippen LogP contribution is 2.39. The number of aromatic nitrogens is 5. The number of hydrogen-bond acceptors (Lipinski definition) is 3. The molecule has 0 atom stereocenters. The lowest BCUT2D eigenvalue weighted by Gasteiger charge is -2.39. The SMILES string of the molecule is O=C(N1CCn2cc(-c3c(-c4cnc5ccccn45)[nH][nH]c3=O)c3cc(F)cc(c32)C1)N1CC(F)(F)CC(F)(F)C1. The van der Waals surface area contributed by atoms with Gasteiger partial charge in [-0.2, -0.15) is 0 Å². The van der Waals surface area contributed by atoms with Gasteiger partial charge >= 0.3 is 6.03 Å². The number of hydrogen-bond donors (Lipinski definition) is 2. The van der Waals surface area contributed by atoms with Gasteiger partial charge in [-0.1, -0.05) is 6.07 Å². The van der Waals surface area contributed by atoms with E-state index in [-0.39, 0.29) is 25.2 Å². The molecule has 2 aliphatic rings. The van der Waals surface area contributed by atoms with Crippen LogP contribution in [0.1, 0.15) is 12.0 Å². The van der Waals surface area contributed by atoms with E-state index in [0.717, 1.165) is 0 Å². The number of urea groups is 1. The van der Waals surface area contributed by atoms with Gasteiger partial charge in [-0.05, 0) is 29.8 Å². The molecule has 0 unspecified atom stereocenters. The average Bonchev–Trinajstić information content (AvgIpc) is 3.55. The van der Waals surface area contributed by atoms with Crippen LogP contribution >= 0.6 is 0 Å². The number of aromatic amines is 2. The standard InChI is InChI=1S/C27H22F5N7O2/c28-16-7-15-10-37(25(41)38-13-26(29,30)12-27(31,32)14-38)6-5-36-11-18(17(8-16)23(15)36)21-22(34-35-24(21)40)19-9-33-20-3-1-2-4-39(19)20/h1-4,7-9,11H,5-6,10,12-14H2,(H2,34,35,40). The predicted molar refractivity (Wildman–Crippen MR) is 138 cm³/mol. The molecule has 2 amide bonds. The molecular formula is C27H22F5N7O2. The summed E-state index contributed by atoms with van der Waals surface area (Å²) in [6.45, 7) is -2.26. The number of imidazole rings is 1. The average molecular weight is 572 g/mol. The van der Waals surface area contributed by atoms with E-state index in [2.05, 4.69) is 15.2 Å². The summed E-state index contributed by atoms with van der Waals surface area (Å²) in [5.41, 5.74) is 2.89. The topological polar surface area (TPSA) is 94.4 Å².